The maximum atomic E-state index is 13.0. The van der Waals surface area contributed by atoms with Crippen molar-refractivity contribution in [2.24, 2.45) is 0 Å². The first-order chi connectivity index (χ1) is 15.4. The molecule has 1 saturated heterocycles. The molecule has 1 amide bonds. The quantitative estimate of drug-likeness (QED) is 0.581. The van der Waals surface area contributed by atoms with Gasteiger partial charge in [0.15, 0.2) is 0 Å². The van der Waals surface area contributed by atoms with Crippen LogP contribution in [0.3, 0.4) is 0 Å². The predicted octanol–water partition coefficient (Wildman–Crippen LogP) is 2.52. The number of hydrogen-bond donors (Lipinski definition) is 1. The molecule has 1 aliphatic heterocycles. The van der Waals surface area contributed by atoms with Crippen molar-refractivity contribution in [2.75, 3.05) is 13.7 Å². The normalized spacial score (nSPS) is 16.8. The third kappa shape index (κ3) is 4.51. The van der Waals surface area contributed by atoms with Gasteiger partial charge in [-0.1, -0.05) is 22.9 Å². The number of benzene rings is 2. The molecule has 1 fully saturated rings. The van der Waals surface area contributed by atoms with Gasteiger partial charge >= 0.3 is 0 Å². The molecule has 1 aromatic heterocycles. The van der Waals surface area contributed by atoms with Crippen molar-refractivity contribution in [2.45, 2.75) is 37.2 Å². The van der Waals surface area contributed by atoms with Crippen molar-refractivity contribution in [3.63, 3.8) is 0 Å². The van der Waals surface area contributed by atoms with Gasteiger partial charge in [0.25, 0.3) is 0 Å². The molecular weight excluding hydrogens is 432 g/mol. The van der Waals surface area contributed by atoms with E-state index in [1.807, 2.05) is 6.92 Å². The molecule has 0 aliphatic carbocycles. The van der Waals surface area contributed by atoms with Crippen molar-refractivity contribution in [1.29, 1.82) is 0 Å². The number of carbonyl (C=O) groups is 1. The molecule has 1 N–H and O–H groups in total. The number of hydrogen-bond acceptors (Lipinski definition) is 7. The third-order valence-corrected chi connectivity index (χ3v) is 7.29. The number of methoxy groups -OCH3 is 1. The summed E-state index contributed by atoms with van der Waals surface area (Å²) in [6, 6.07) is 13.0. The lowest BCUT2D eigenvalue weighted by Crippen LogP contribution is -2.45. The number of rotatable bonds is 7. The lowest BCUT2D eigenvalue weighted by Gasteiger charge is -2.23. The van der Waals surface area contributed by atoms with Crippen LogP contribution in [0.5, 0.6) is 5.75 Å². The first kappa shape index (κ1) is 22.0. The molecule has 3 aromatic rings. The van der Waals surface area contributed by atoms with Crippen molar-refractivity contribution in [1.82, 2.24) is 19.8 Å². The summed E-state index contributed by atoms with van der Waals surface area (Å²) in [6.07, 6.45) is 1.07. The Bertz CT molecular complexity index is 1190. The summed E-state index contributed by atoms with van der Waals surface area (Å²) in [5.74, 6) is 0.949. The van der Waals surface area contributed by atoms with Gasteiger partial charge in [0.2, 0.25) is 27.6 Å². The Balaban J connectivity index is 1.41. The number of ether oxygens (including phenoxy) is 1. The minimum atomic E-state index is -3.76. The molecule has 32 heavy (non-hydrogen) atoms. The molecule has 2 heterocycles. The Morgan fingerprint density at radius 2 is 1.91 bits per heavy atom. The van der Waals surface area contributed by atoms with E-state index in [0.717, 1.165) is 11.1 Å². The third-order valence-electron chi connectivity index (χ3n) is 5.36. The Kier molecular flexibility index (Phi) is 6.24. The Hall–Kier alpha value is -3.24. The summed E-state index contributed by atoms with van der Waals surface area (Å²) in [7, 11) is -2.17. The van der Waals surface area contributed by atoms with Crippen LogP contribution in [0.15, 0.2) is 57.9 Å². The van der Waals surface area contributed by atoms with Crippen molar-refractivity contribution < 1.29 is 22.5 Å². The van der Waals surface area contributed by atoms with Crippen molar-refractivity contribution >= 4 is 15.9 Å². The van der Waals surface area contributed by atoms with Crippen molar-refractivity contribution in [3.05, 3.63) is 60.0 Å². The summed E-state index contributed by atoms with van der Waals surface area (Å²) in [5, 5.41) is 6.66. The number of carbonyl (C=O) groups excluding carboxylic acids is 1. The zero-order chi connectivity index (χ0) is 22.7. The monoisotopic (exact) mass is 456 g/mol. The zero-order valence-corrected chi connectivity index (χ0v) is 18.6. The van der Waals surface area contributed by atoms with E-state index in [4.69, 9.17) is 9.26 Å². The van der Waals surface area contributed by atoms with E-state index < -0.39 is 16.1 Å². The van der Waals surface area contributed by atoms with E-state index >= 15 is 0 Å². The molecule has 1 atom stereocenters. The minimum absolute atomic E-state index is 0.0108. The molecule has 0 radical (unpaired) electrons. The molecule has 0 saturated carbocycles. The van der Waals surface area contributed by atoms with Crippen LogP contribution >= 0.6 is 0 Å². The molecule has 9 nitrogen and oxygen atoms in total. The van der Waals surface area contributed by atoms with Crippen LogP contribution in [0.4, 0.5) is 0 Å². The average molecular weight is 457 g/mol. The summed E-state index contributed by atoms with van der Waals surface area (Å²) < 4.78 is 37.7. The number of nitrogens with one attached hydrogen (secondary N) is 1. The maximum Gasteiger partial charge on any atom is 0.246 e. The Morgan fingerprint density at radius 1 is 1.19 bits per heavy atom. The standard InChI is InChI=1S/C22H24N4O5S/c1-15-5-11-18(12-6-15)32(28,29)26-13-3-4-19(26)22(27)23-14-20-24-21(25-31-20)16-7-9-17(30-2)10-8-16/h5-12,19H,3-4,13-14H2,1-2H3,(H,23,27). The number of aromatic nitrogens is 2. The second-order valence-electron chi connectivity index (χ2n) is 7.54. The van der Waals surface area contributed by atoms with E-state index in [9.17, 15) is 13.2 Å². The summed E-state index contributed by atoms with van der Waals surface area (Å²) >= 11 is 0. The van der Waals surface area contributed by atoms with Gasteiger partial charge in [-0.15, -0.1) is 0 Å². The van der Waals surface area contributed by atoms with Gasteiger partial charge in [0, 0.05) is 12.1 Å². The van der Waals surface area contributed by atoms with E-state index in [2.05, 4.69) is 15.5 Å². The molecule has 4 rings (SSSR count). The van der Waals surface area contributed by atoms with Crippen LogP contribution in [0.2, 0.25) is 0 Å². The highest BCUT2D eigenvalue weighted by molar-refractivity contribution is 7.89. The first-order valence-corrected chi connectivity index (χ1v) is 11.7. The Morgan fingerprint density at radius 3 is 2.59 bits per heavy atom. The Labute approximate surface area is 186 Å². The lowest BCUT2D eigenvalue weighted by atomic mass is 10.2. The number of amides is 1. The van der Waals surface area contributed by atoms with Crippen LogP contribution in [0.25, 0.3) is 11.4 Å². The molecule has 10 heteroatoms. The number of aryl methyl sites for hydroxylation is 1. The number of nitrogens with zero attached hydrogens (tertiary/aromatic N) is 3. The van der Waals surface area contributed by atoms with Gasteiger partial charge in [-0.25, -0.2) is 8.42 Å². The van der Waals surface area contributed by atoms with E-state index in [1.54, 1.807) is 55.6 Å². The maximum absolute atomic E-state index is 13.0. The largest absolute Gasteiger partial charge is 0.497 e. The van der Waals surface area contributed by atoms with Crippen molar-refractivity contribution in [3.8, 4) is 17.1 Å². The molecule has 0 spiro atoms. The molecule has 1 unspecified atom stereocenters. The van der Waals surface area contributed by atoms with Gasteiger partial charge < -0.3 is 14.6 Å². The van der Waals surface area contributed by atoms with Gasteiger partial charge in [0.05, 0.1) is 18.6 Å². The fourth-order valence-corrected chi connectivity index (χ4v) is 5.26. The van der Waals surface area contributed by atoms with Crippen LogP contribution in [-0.4, -0.2) is 48.5 Å². The first-order valence-electron chi connectivity index (χ1n) is 10.2. The predicted molar refractivity (Wildman–Crippen MR) is 116 cm³/mol. The SMILES string of the molecule is COc1ccc(-c2noc(CNC(=O)C3CCCN3S(=O)(=O)c3ccc(C)cc3)n2)cc1. The van der Waals surface area contributed by atoms with Gasteiger partial charge in [-0.3, -0.25) is 4.79 Å². The molecule has 168 valence electrons. The van der Waals surface area contributed by atoms with Crippen LogP contribution < -0.4 is 10.1 Å². The summed E-state index contributed by atoms with van der Waals surface area (Å²) in [6.45, 7) is 2.20. The molecular formula is C22H24N4O5S. The fourth-order valence-electron chi connectivity index (χ4n) is 3.60. The smallest absolute Gasteiger partial charge is 0.246 e. The van der Waals surface area contributed by atoms with E-state index in [-0.39, 0.29) is 23.2 Å². The second kappa shape index (κ2) is 9.09. The van der Waals surface area contributed by atoms with Gasteiger partial charge in [0.1, 0.15) is 11.8 Å². The van der Waals surface area contributed by atoms with Crippen LogP contribution in [0.1, 0.15) is 24.3 Å². The highest BCUT2D eigenvalue weighted by Gasteiger charge is 2.39. The highest BCUT2D eigenvalue weighted by atomic mass is 32.2. The summed E-state index contributed by atoms with van der Waals surface area (Å²) in [5.41, 5.74) is 1.71. The lowest BCUT2D eigenvalue weighted by molar-refractivity contribution is -0.124. The average Bonchev–Trinajstić information content (AvgIpc) is 3.48. The summed E-state index contributed by atoms with van der Waals surface area (Å²) in [4.78, 5) is 17.3. The van der Waals surface area contributed by atoms with Gasteiger partial charge in [-0.05, 0) is 56.2 Å². The van der Waals surface area contributed by atoms with E-state index in [1.165, 1.54) is 4.31 Å². The van der Waals surface area contributed by atoms with E-state index in [0.29, 0.717) is 31.0 Å². The molecule has 2 aromatic carbocycles. The van der Waals surface area contributed by atoms with Crippen LogP contribution in [-0.2, 0) is 21.4 Å². The fraction of sp³-hybridized carbons (Fsp3) is 0.318. The number of sulfonamides is 1. The highest BCUT2D eigenvalue weighted by Crippen LogP contribution is 2.26. The van der Waals surface area contributed by atoms with Crippen LogP contribution in [0, 0.1) is 6.92 Å². The molecule has 0 bridgehead atoms. The minimum Gasteiger partial charge on any atom is -0.497 e. The zero-order valence-electron chi connectivity index (χ0n) is 17.8. The van der Waals surface area contributed by atoms with Gasteiger partial charge in [-0.2, -0.15) is 9.29 Å². The topological polar surface area (TPSA) is 115 Å². The molecule has 1 aliphatic rings. The second-order valence-corrected chi connectivity index (χ2v) is 9.44.